The lowest BCUT2D eigenvalue weighted by atomic mass is 10.1. The molecule has 20 nitrogen and oxygen atoms in total. The second-order valence-electron chi connectivity index (χ2n) is 19.0. The summed E-state index contributed by atoms with van der Waals surface area (Å²) in [7, 11) is 0. The van der Waals surface area contributed by atoms with Gasteiger partial charge >= 0.3 is 42.4 Å². The predicted octanol–water partition coefficient (Wildman–Crippen LogP) is 10.9. The van der Waals surface area contributed by atoms with Crippen LogP contribution in [0.1, 0.15) is 99.1 Å². The number of likely N-dealkylation sites (tertiary alicyclic amines) is 1. The molecule has 1 aliphatic rings. The minimum absolute atomic E-state index is 0.00998. The average molecular weight is 1030 g/mol. The van der Waals surface area contributed by atoms with Crippen LogP contribution in [0.4, 0.5) is 68.3 Å². The summed E-state index contributed by atoms with van der Waals surface area (Å²) in [6.07, 6.45) is -13.3. The zero-order chi connectivity index (χ0) is 54.0. The molecule has 394 valence electrons. The SMILES string of the molecule is CC(C)(C)OC(=O)N=C(NCCCCC(=O)Nc1cc(C(F)(F)F)cc(NC(=O)Nc2ccc(Oc3cc([N+](=O)O)cc(C(F)(F)F)c3)cc2)c1O[C@@H]1CCN(C(=O)OC(C)(C)C)C1)NC(=O)OC(C)(C)C. The third-order valence-corrected chi connectivity index (χ3v) is 9.15. The fourth-order valence-corrected chi connectivity index (χ4v) is 6.25. The van der Waals surface area contributed by atoms with Crippen LogP contribution >= 0.6 is 0 Å². The van der Waals surface area contributed by atoms with Gasteiger partial charge < -0.3 is 49.9 Å². The minimum Gasteiger partial charge on any atom is -0.484 e. The van der Waals surface area contributed by atoms with Crippen LogP contribution in [-0.2, 0) is 31.4 Å². The Morgan fingerprint density at radius 1 is 0.736 bits per heavy atom. The maximum atomic E-state index is 14.5. The van der Waals surface area contributed by atoms with Crippen LogP contribution in [0.25, 0.3) is 0 Å². The number of guanidine groups is 1. The minimum atomic E-state index is -5.03. The van der Waals surface area contributed by atoms with Crippen molar-refractivity contribution in [2.75, 3.05) is 35.6 Å². The molecule has 0 aliphatic carbocycles. The molecule has 0 unspecified atom stereocenters. The molecule has 1 fully saturated rings. The van der Waals surface area contributed by atoms with Gasteiger partial charge in [0.1, 0.15) is 34.4 Å². The van der Waals surface area contributed by atoms with Gasteiger partial charge in [-0.05, 0) is 118 Å². The second kappa shape index (κ2) is 23.1. The number of unbranched alkanes of at least 4 members (excludes halogenated alkanes) is 1. The number of hydrogen-bond donors (Lipinski definition) is 6. The fraction of sp³-hybridized carbons (Fsp3) is 0.478. The summed E-state index contributed by atoms with van der Waals surface area (Å²) in [5.74, 6) is -2.06. The Morgan fingerprint density at radius 2 is 1.32 bits per heavy atom. The Balaban J connectivity index is 1.55. The number of nitrogens with zero attached hydrogens (tertiary/aromatic N) is 3. The molecule has 3 aromatic rings. The zero-order valence-electron chi connectivity index (χ0n) is 40.8. The number of ether oxygens (including phenoxy) is 5. The normalized spacial score (nSPS) is 14.4. The van der Waals surface area contributed by atoms with E-state index < -0.39 is 110 Å². The molecule has 72 heavy (non-hydrogen) atoms. The highest BCUT2D eigenvalue weighted by molar-refractivity contribution is 6.03. The molecule has 0 radical (unpaired) electrons. The van der Waals surface area contributed by atoms with Crippen molar-refractivity contribution in [1.82, 2.24) is 15.5 Å². The summed E-state index contributed by atoms with van der Waals surface area (Å²) in [5, 5.41) is 21.5. The highest BCUT2D eigenvalue weighted by Crippen LogP contribution is 2.42. The number of carbonyl (C=O) groups excluding carboxylic acids is 5. The number of alkyl carbamates (subject to hydrolysis) is 1. The average Bonchev–Trinajstić information content (AvgIpc) is 3.68. The molecule has 0 spiro atoms. The van der Waals surface area contributed by atoms with Crippen LogP contribution in [0.2, 0.25) is 0 Å². The number of benzene rings is 3. The van der Waals surface area contributed by atoms with Gasteiger partial charge in [0.15, 0.2) is 5.75 Å². The standard InChI is InChI=1S/C46H56F6N8O12/c1-42(2,3)70-39(63)57-37(58-40(64)71-43(4,5)6)53-18-11-10-12-35(61)55-33-22-27(46(50,51)52)23-34(36(33)69-31-17-19-59(25-31)41(65)72-44(7,8)9)56-38(62)54-28-13-15-30(16-14-28)68-32-21-26(45(47,48)49)20-29(24-32)60(66)67/h13-16,20-24,31H,10-12,17-19,25H2,1-9H3,(H5-,53,54,55,56,57,58,61,62,63,64,66,67)/p+1/t31-/m1/s1. The van der Waals surface area contributed by atoms with Gasteiger partial charge in [0.25, 0.3) is 4.92 Å². The van der Waals surface area contributed by atoms with Crippen LogP contribution in [0.15, 0.2) is 59.6 Å². The van der Waals surface area contributed by atoms with Gasteiger partial charge in [-0.15, -0.1) is 4.99 Å². The molecule has 3 aromatic carbocycles. The first-order chi connectivity index (χ1) is 33.1. The molecule has 6 amide bonds. The molecule has 1 heterocycles. The van der Waals surface area contributed by atoms with Crippen molar-refractivity contribution >= 4 is 58.9 Å². The van der Waals surface area contributed by atoms with Crippen molar-refractivity contribution in [1.29, 1.82) is 0 Å². The molecule has 0 saturated carbocycles. The van der Waals surface area contributed by atoms with Gasteiger partial charge in [-0.3, -0.25) is 10.1 Å². The van der Waals surface area contributed by atoms with E-state index in [0.29, 0.717) is 24.3 Å². The smallest absolute Gasteiger partial charge is 0.437 e. The van der Waals surface area contributed by atoms with Gasteiger partial charge in [-0.25, -0.2) is 24.4 Å². The molecule has 6 N–H and O–H groups in total. The van der Waals surface area contributed by atoms with Crippen molar-refractivity contribution in [3.8, 4) is 17.2 Å². The van der Waals surface area contributed by atoms with Crippen molar-refractivity contribution in [2.45, 2.75) is 123 Å². The van der Waals surface area contributed by atoms with Gasteiger partial charge in [-0.1, -0.05) is 0 Å². The van der Waals surface area contributed by atoms with E-state index in [4.69, 9.17) is 23.7 Å². The third-order valence-electron chi connectivity index (χ3n) is 9.15. The molecular formula is C46H57F6N8O12+. The van der Waals surface area contributed by atoms with Crippen LogP contribution in [0.3, 0.4) is 0 Å². The second-order valence-corrected chi connectivity index (χ2v) is 19.0. The lowest BCUT2D eigenvalue weighted by Gasteiger charge is -2.25. The van der Waals surface area contributed by atoms with Gasteiger partial charge in [0.05, 0.1) is 40.0 Å². The zero-order valence-corrected chi connectivity index (χ0v) is 40.8. The van der Waals surface area contributed by atoms with Crippen molar-refractivity contribution in [3.05, 3.63) is 70.6 Å². The first-order valence-electron chi connectivity index (χ1n) is 22.1. The van der Waals surface area contributed by atoms with E-state index in [1.807, 2.05) is 0 Å². The summed E-state index contributed by atoms with van der Waals surface area (Å²) in [4.78, 5) is 80.3. The van der Waals surface area contributed by atoms with E-state index in [1.54, 1.807) is 62.3 Å². The van der Waals surface area contributed by atoms with Crippen LogP contribution in [-0.4, -0.2) is 93.7 Å². The lowest BCUT2D eigenvalue weighted by molar-refractivity contribution is -0.729. The van der Waals surface area contributed by atoms with Crippen LogP contribution in [0, 0.1) is 4.91 Å². The van der Waals surface area contributed by atoms with Gasteiger partial charge in [0.2, 0.25) is 11.9 Å². The highest BCUT2D eigenvalue weighted by Gasteiger charge is 2.37. The monoisotopic (exact) mass is 1030 g/mol. The van der Waals surface area contributed by atoms with Crippen molar-refractivity contribution < 1.29 is 84.1 Å². The number of amides is 6. The molecular weight excluding hydrogens is 971 g/mol. The molecule has 0 aromatic heterocycles. The van der Waals surface area contributed by atoms with Crippen molar-refractivity contribution in [3.63, 3.8) is 0 Å². The Hall–Kier alpha value is -7.54. The number of hydrogen-bond acceptors (Lipinski definition) is 11. The van der Waals surface area contributed by atoms with Gasteiger partial charge in [0, 0.05) is 37.7 Å². The molecule has 1 aliphatic heterocycles. The predicted molar refractivity (Wildman–Crippen MR) is 247 cm³/mol. The lowest BCUT2D eigenvalue weighted by Crippen LogP contribution is -2.44. The first-order valence-corrected chi connectivity index (χ1v) is 22.1. The number of urea groups is 1. The summed E-state index contributed by atoms with van der Waals surface area (Å²) >= 11 is 0. The van der Waals surface area contributed by atoms with E-state index in [0.717, 1.165) is 6.07 Å². The molecule has 4 rings (SSSR count). The number of nitrogens with one attached hydrogen (secondary N) is 5. The summed E-state index contributed by atoms with van der Waals surface area (Å²) in [5.41, 5.74) is -7.07. The topological polar surface area (TPSA) is 248 Å². The number of alkyl halides is 6. The molecule has 1 saturated heterocycles. The Kier molecular flexibility index (Phi) is 18.3. The number of anilines is 3. The van der Waals surface area contributed by atoms with Crippen molar-refractivity contribution in [2.24, 2.45) is 4.99 Å². The Labute approximate surface area is 409 Å². The van der Waals surface area contributed by atoms with E-state index in [-0.39, 0.29) is 62.7 Å². The number of halogens is 6. The third kappa shape index (κ3) is 19.3. The van der Waals surface area contributed by atoms with Crippen LogP contribution < -0.4 is 36.1 Å². The summed E-state index contributed by atoms with van der Waals surface area (Å²) in [6.45, 7) is 14.7. The quantitative estimate of drug-likeness (QED) is 0.0233. The van der Waals surface area contributed by atoms with Gasteiger partial charge in [-0.2, -0.15) is 26.3 Å². The summed E-state index contributed by atoms with van der Waals surface area (Å²) in [6, 6.07) is 6.77. The van der Waals surface area contributed by atoms with E-state index in [2.05, 4.69) is 31.6 Å². The van der Waals surface area contributed by atoms with E-state index in [9.17, 15) is 60.4 Å². The Morgan fingerprint density at radius 3 is 1.89 bits per heavy atom. The number of rotatable bonds is 13. The number of aliphatic imine (C=N–C) groups is 1. The molecule has 26 heteroatoms. The first kappa shape index (κ1) is 57.0. The maximum Gasteiger partial charge on any atom is 0.437 e. The highest BCUT2D eigenvalue weighted by atomic mass is 19.4. The maximum absolute atomic E-state index is 14.5. The van der Waals surface area contributed by atoms with E-state index in [1.165, 1.54) is 29.2 Å². The largest absolute Gasteiger partial charge is 0.484 e. The summed E-state index contributed by atoms with van der Waals surface area (Å²) < 4.78 is 111. The number of carbonyl (C=O) groups is 5. The fourth-order valence-electron chi connectivity index (χ4n) is 6.25. The molecule has 0 bridgehead atoms. The Bertz CT molecular complexity index is 2500. The van der Waals surface area contributed by atoms with Crippen LogP contribution in [0.5, 0.6) is 17.2 Å². The van der Waals surface area contributed by atoms with E-state index >= 15 is 0 Å². The molecule has 1 atom stereocenters.